The van der Waals surface area contributed by atoms with E-state index in [0.717, 1.165) is 24.2 Å². The zero-order valence-corrected chi connectivity index (χ0v) is 15.7. The van der Waals surface area contributed by atoms with Crippen molar-refractivity contribution < 1.29 is 5.11 Å². The molecule has 1 saturated heterocycles. The molecule has 25 heavy (non-hydrogen) atoms. The summed E-state index contributed by atoms with van der Waals surface area (Å²) in [5.41, 5.74) is 2.16. The molecule has 1 aromatic carbocycles. The van der Waals surface area contributed by atoms with Crippen LogP contribution in [-0.2, 0) is 0 Å². The number of aromatic hydroxyl groups is 1. The fraction of sp³-hybridized carbons (Fsp3) is 0.474. The summed E-state index contributed by atoms with van der Waals surface area (Å²) >= 11 is 4.98. The summed E-state index contributed by atoms with van der Waals surface area (Å²) in [4.78, 5) is 20.2. The Labute approximate surface area is 152 Å². The molecular formula is C19H25N3O2S. The molecule has 3 unspecified atom stereocenters. The summed E-state index contributed by atoms with van der Waals surface area (Å²) in [5, 5.41) is 10.5. The fourth-order valence-corrected chi connectivity index (χ4v) is 4.16. The van der Waals surface area contributed by atoms with Crippen LogP contribution in [0.2, 0.25) is 0 Å². The van der Waals surface area contributed by atoms with Gasteiger partial charge in [0.25, 0.3) is 5.56 Å². The molecular weight excluding hydrogens is 334 g/mol. The van der Waals surface area contributed by atoms with Gasteiger partial charge in [0, 0.05) is 13.1 Å². The number of likely N-dealkylation sites (tertiary alicyclic amines) is 1. The zero-order valence-electron chi connectivity index (χ0n) is 14.9. The first kappa shape index (κ1) is 17.9. The quantitative estimate of drug-likeness (QED) is 0.733. The molecule has 1 aliphatic rings. The van der Waals surface area contributed by atoms with Crippen molar-refractivity contribution in [3.05, 3.63) is 56.1 Å². The van der Waals surface area contributed by atoms with E-state index in [9.17, 15) is 9.90 Å². The van der Waals surface area contributed by atoms with Gasteiger partial charge in [-0.25, -0.2) is 0 Å². The van der Waals surface area contributed by atoms with Gasteiger partial charge >= 0.3 is 0 Å². The Kier molecular flexibility index (Phi) is 5.11. The normalized spacial score (nSPS) is 22.7. The number of nitrogens with one attached hydrogen (secondary N) is 2. The molecule has 0 radical (unpaired) electrons. The highest BCUT2D eigenvalue weighted by atomic mass is 32.1. The molecule has 0 amide bonds. The van der Waals surface area contributed by atoms with Crippen molar-refractivity contribution in [3.63, 3.8) is 0 Å². The summed E-state index contributed by atoms with van der Waals surface area (Å²) in [7, 11) is 0. The molecule has 3 N–H and O–H groups in total. The highest BCUT2D eigenvalue weighted by Gasteiger charge is 2.32. The molecule has 134 valence electrons. The fourth-order valence-electron chi connectivity index (χ4n) is 3.97. The molecule has 0 saturated carbocycles. The van der Waals surface area contributed by atoms with Crippen molar-refractivity contribution in [2.45, 2.75) is 33.2 Å². The SMILES string of the molecule is Cc1ccc(C(c2c(O)[nH]c(=S)[nH]c2=O)N2CC(C)CC(C)C2)cc1. The van der Waals surface area contributed by atoms with Crippen LogP contribution in [0.5, 0.6) is 5.88 Å². The molecule has 6 heteroatoms. The number of H-pyrrole nitrogens is 2. The number of aryl methyl sites for hydroxylation is 1. The minimum absolute atomic E-state index is 0.134. The zero-order chi connectivity index (χ0) is 18.1. The van der Waals surface area contributed by atoms with E-state index in [0.29, 0.717) is 17.4 Å². The smallest absolute Gasteiger partial charge is 0.260 e. The minimum atomic E-state index is -0.335. The van der Waals surface area contributed by atoms with Crippen molar-refractivity contribution in [2.24, 2.45) is 11.8 Å². The van der Waals surface area contributed by atoms with Crippen LogP contribution in [0, 0.1) is 23.5 Å². The van der Waals surface area contributed by atoms with Crippen LogP contribution < -0.4 is 5.56 Å². The number of aromatic amines is 2. The molecule has 3 rings (SSSR count). The average Bonchev–Trinajstić information content (AvgIpc) is 2.51. The predicted molar refractivity (Wildman–Crippen MR) is 101 cm³/mol. The molecule has 2 heterocycles. The number of rotatable bonds is 3. The molecule has 1 aliphatic heterocycles. The monoisotopic (exact) mass is 359 g/mol. The van der Waals surface area contributed by atoms with Gasteiger partial charge in [0.2, 0.25) is 5.88 Å². The summed E-state index contributed by atoms with van der Waals surface area (Å²) in [5.74, 6) is 0.936. The van der Waals surface area contributed by atoms with E-state index in [1.807, 2.05) is 31.2 Å². The van der Waals surface area contributed by atoms with Crippen molar-refractivity contribution in [2.75, 3.05) is 13.1 Å². The molecule has 3 atom stereocenters. The second kappa shape index (κ2) is 7.14. The summed E-state index contributed by atoms with van der Waals surface area (Å²) in [6.45, 7) is 8.28. The van der Waals surface area contributed by atoms with Crippen LogP contribution >= 0.6 is 12.2 Å². The van der Waals surface area contributed by atoms with Gasteiger partial charge in [0.05, 0.1) is 11.6 Å². The Morgan fingerprint density at radius 3 is 2.32 bits per heavy atom. The van der Waals surface area contributed by atoms with E-state index in [1.54, 1.807) is 0 Å². The van der Waals surface area contributed by atoms with Gasteiger partial charge in [0.15, 0.2) is 4.77 Å². The van der Waals surface area contributed by atoms with Gasteiger partial charge in [-0.15, -0.1) is 0 Å². The van der Waals surface area contributed by atoms with Gasteiger partial charge in [-0.3, -0.25) is 14.7 Å². The molecule has 0 bridgehead atoms. The Morgan fingerprint density at radius 1 is 1.16 bits per heavy atom. The first-order chi connectivity index (χ1) is 11.8. The van der Waals surface area contributed by atoms with Crippen molar-refractivity contribution in [1.29, 1.82) is 0 Å². The maximum absolute atomic E-state index is 12.6. The van der Waals surface area contributed by atoms with Crippen LogP contribution in [0.1, 0.15) is 43.0 Å². The van der Waals surface area contributed by atoms with E-state index in [1.165, 1.54) is 6.42 Å². The van der Waals surface area contributed by atoms with Crippen molar-refractivity contribution >= 4 is 12.2 Å². The number of hydrogen-bond acceptors (Lipinski definition) is 4. The predicted octanol–water partition coefficient (Wildman–Crippen LogP) is 3.51. The standard InChI is InChI=1S/C19H25N3O2S/c1-11-4-6-14(7-5-11)16(22-9-12(2)8-13(3)10-22)15-17(23)20-19(25)21-18(15)24/h4-7,12-13,16H,8-10H2,1-3H3,(H3,20,21,23,24,25). The molecule has 5 nitrogen and oxygen atoms in total. The second-order valence-corrected chi connectivity index (χ2v) is 7.79. The third kappa shape index (κ3) is 3.85. The van der Waals surface area contributed by atoms with Crippen LogP contribution in [0.25, 0.3) is 0 Å². The van der Waals surface area contributed by atoms with E-state index in [4.69, 9.17) is 12.2 Å². The number of benzene rings is 1. The topological polar surface area (TPSA) is 72.1 Å². The first-order valence-electron chi connectivity index (χ1n) is 8.71. The summed E-state index contributed by atoms with van der Waals surface area (Å²) in [6.07, 6.45) is 1.18. The van der Waals surface area contributed by atoms with Gasteiger partial charge in [0.1, 0.15) is 0 Å². The number of nitrogens with zero attached hydrogens (tertiary/aromatic N) is 1. The van der Waals surface area contributed by atoms with E-state index in [2.05, 4.69) is 28.7 Å². The van der Waals surface area contributed by atoms with E-state index >= 15 is 0 Å². The molecule has 2 aromatic rings. The third-order valence-corrected chi connectivity index (χ3v) is 5.09. The van der Waals surface area contributed by atoms with Gasteiger partial charge in [-0.05, 0) is 43.0 Å². The molecule has 0 aliphatic carbocycles. The van der Waals surface area contributed by atoms with Gasteiger partial charge < -0.3 is 10.1 Å². The van der Waals surface area contributed by atoms with Crippen molar-refractivity contribution in [1.82, 2.24) is 14.9 Å². The number of hydrogen-bond donors (Lipinski definition) is 3. The summed E-state index contributed by atoms with van der Waals surface area (Å²) in [6, 6.07) is 7.83. The Balaban J connectivity index is 2.14. The van der Waals surface area contributed by atoms with Crippen LogP contribution in [0.15, 0.2) is 29.1 Å². The van der Waals surface area contributed by atoms with E-state index in [-0.39, 0.29) is 22.3 Å². The lowest BCUT2D eigenvalue weighted by Gasteiger charge is -2.40. The lowest BCUT2D eigenvalue weighted by molar-refractivity contribution is 0.109. The summed E-state index contributed by atoms with van der Waals surface area (Å²) < 4.78 is 0.134. The second-order valence-electron chi connectivity index (χ2n) is 7.38. The molecule has 1 aromatic heterocycles. The van der Waals surface area contributed by atoms with Crippen LogP contribution in [0.3, 0.4) is 0 Å². The lowest BCUT2D eigenvalue weighted by atomic mass is 9.88. The Hall–Kier alpha value is -1.92. The first-order valence-corrected chi connectivity index (χ1v) is 9.12. The van der Waals surface area contributed by atoms with Gasteiger partial charge in [-0.2, -0.15) is 0 Å². The minimum Gasteiger partial charge on any atom is -0.494 e. The number of piperidine rings is 1. The maximum atomic E-state index is 12.6. The largest absolute Gasteiger partial charge is 0.494 e. The maximum Gasteiger partial charge on any atom is 0.260 e. The van der Waals surface area contributed by atoms with E-state index < -0.39 is 0 Å². The Morgan fingerprint density at radius 2 is 1.76 bits per heavy atom. The van der Waals surface area contributed by atoms with Crippen molar-refractivity contribution in [3.8, 4) is 5.88 Å². The average molecular weight is 359 g/mol. The van der Waals surface area contributed by atoms with Crippen LogP contribution in [-0.4, -0.2) is 33.1 Å². The Bertz CT molecular complexity index is 846. The number of aromatic nitrogens is 2. The lowest BCUT2D eigenvalue weighted by Crippen LogP contribution is -2.43. The van der Waals surface area contributed by atoms with Gasteiger partial charge in [-0.1, -0.05) is 43.7 Å². The highest BCUT2D eigenvalue weighted by Crippen LogP contribution is 2.35. The molecule has 0 spiro atoms. The highest BCUT2D eigenvalue weighted by molar-refractivity contribution is 7.71. The molecule has 1 fully saturated rings. The third-order valence-electron chi connectivity index (χ3n) is 4.89. The van der Waals surface area contributed by atoms with Crippen LogP contribution in [0.4, 0.5) is 0 Å².